The van der Waals surface area contributed by atoms with Gasteiger partial charge in [0.2, 0.25) is 0 Å². The summed E-state index contributed by atoms with van der Waals surface area (Å²) < 4.78 is 18.4. The number of aromatic hydroxyl groups is 3. The molecule has 7 rings (SSSR count). The van der Waals surface area contributed by atoms with Gasteiger partial charge in [0.05, 0.1) is 19.8 Å². The Kier molecular flexibility index (Phi) is 15.3. The Labute approximate surface area is 392 Å². The lowest BCUT2D eigenvalue weighted by Gasteiger charge is -2.60. The molecule has 6 aromatic carbocycles. The maximum Gasteiger partial charge on any atom is 0.132 e. The van der Waals surface area contributed by atoms with Crippen molar-refractivity contribution in [3.05, 3.63) is 177 Å². The third kappa shape index (κ3) is 10.0. The van der Waals surface area contributed by atoms with Crippen LogP contribution < -0.4 is 30.2 Å². The van der Waals surface area contributed by atoms with E-state index in [0.29, 0.717) is 53.8 Å². The molecule has 0 saturated carbocycles. The number of ether oxygens (including phenoxy) is 3. The molecular weight excluding hydrogens is 823 g/mol. The average Bonchev–Trinajstić information content (AvgIpc) is 3.30. The number of nitrogens with one attached hydrogen (secondary N) is 3. The summed E-state index contributed by atoms with van der Waals surface area (Å²) in [5.74, 6) is 1.42. The number of unbranched alkanes of at least 4 members (excludes halogenated alkanes) is 5. The van der Waals surface area contributed by atoms with Crippen LogP contribution in [0.25, 0.3) is 0 Å². The van der Waals surface area contributed by atoms with E-state index in [1.807, 2.05) is 57.2 Å². The van der Waals surface area contributed by atoms with Crippen LogP contribution in [0.2, 0.25) is 0 Å². The number of phenols is 3. The van der Waals surface area contributed by atoms with Crippen molar-refractivity contribution in [2.24, 2.45) is 0 Å². The van der Waals surface area contributed by atoms with E-state index in [1.54, 1.807) is 18.2 Å². The van der Waals surface area contributed by atoms with E-state index in [0.717, 1.165) is 71.0 Å². The third-order valence-corrected chi connectivity index (χ3v) is 12.7. The van der Waals surface area contributed by atoms with Gasteiger partial charge >= 0.3 is 0 Å². The van der Waals surface area contributed by atoms with Crippen molar-refractivity contribution < 1.29 is 29.5 Å². The number of hydrogen-bond acceptors (Lipinski definition) is 9. The van der Waals surface area contributed by atoms with Crippen LogP contribution in [0.3, 0.4) is 0 Å². The van der Waals surface area contributed by atoms with Crippen LogP contribution >= 0.6 is 0 Å². The van der Waals surface area contributed by atoms with Crippen molar-refractivity contribution in [1.29, 1.82) is 0 Å². The Bertz CT molecular complexity index is 2560. The molecule has 0 aliphatic carbocycles. The average molecular weight is 892 g/mol. The highest BCUT2D eigenvalue weighted by atomic mass is 16.5. The van der Waals surface area contributed by atoms with E-state index in [4.69, 9.17) is 14.2 Å². The van der Waals surface area contributed by atoms with Crippen molar-refractivity contribution >= 4 is 0 Å². The molecule has 1 aliphatic heterocycles. The molecule has 3 unspecified atom stereocenters. The molecule has 348 valence electrons. The molecule has 3 atom stereocenters. The zero-order chi connectivity index (χ0) is 46.9. The summed E-state index contributed by atoms with van der Waals surface area (Å²) in [6.45, 7) is 16.1. The minimum absolute atomic E-state index is 0.0198. The van der Waals surface area contributed by atoms with Crippen molar-refractivity contribution in [2.45, 2.75) is 117 Å². The van der Waals surface area contributed by atoms with Gasteiger partial charge in [0.15, 0.2) is 0 Å². The fourth-order valence-corrected chi connectivity index (χ4v) is 9.33. The molecule has 6 aromatic rings. The number of aryl methyl sites for hydroxylation is 4. The molecule has 1 saturated heterocycles. The molecule has 6 N–H and O–H groups in total. The summed E-state index contributed by atoms with van der Waals surface area (Å²) >= 11 is 0. The Morgan fingerprint density at radius 2 is 0.758 bits per heavy atom. The first-order valence-corrected chi connectivity index (χ1v) is 23.9. The zero-order valence-electron chi connectivity index (χ0n) is 39.9. The number of benzene rings is 6. The molecule has 1 fully saturated rings. The number of rotatable bonds is 20. The lowest BCUT2D eigenvalue weighted by Crippen LogP contribution is -2.81. The summed E-state index contributed by atoms with van der Waals surface area (Å²) in [7, 11) is 0. The molecule has 9 heteroatoms. The monoisotopic (exact) mass is 892 g/mol. The molecule has 0 spiro atoms. The van der Waals surface area contributed by atoms with Crippen LogP contribution in [0.1, 0.15) is 128 Å². The fraction of sp³-hybridized carbons (Fsp3) is 0.368. The molecule has 0 amide bonds. The molecule has 0 aromatic heterocycles. The van der Waals surface area contributed by atoms with E-state index in [-0.39, 0.29) is 17.2 Å². The second-order valence-corrected chi connectivity index (χ2v) is 18.0. The second kappa shape index (κ2) is 21.1. The van der Waals surface area contributed by atoms with Gasteiger partial charge in [0.1, 0.15) is 51.5 Å². The van der Waals surface area contributed by atoms with Gasteiger partial charge in [-0.3, -0.25) is 16.0 Å². The summed E-state index contributed by atoms with van der Waals surface area (Å²) in [6, 6.07) is 39.1. The standard InChI is InChI=1S/C57H69N3O6/c1-8-11-12-13-14-15-34-66-47-27-31-51(54(63)38-47)57(50-30-26-46(37-53(50)62)65-33-10-3)59-55(43-21-16-39(4)17-22-43,48-28-20-41(6)35-42(48)7)58-56(60-57,44-23-18-40(5)19-24-44)49-29-25-45(36-52(49)61)64-32-9-2/h16-31,35-38,58-63H,8-15,32-34H2,1-7H3. The Balaban J connectivity index is 1.57. The first-order valence-electron chi connectivity index (χ1n) is 23.9. The lowest BCUT2D eigenvalue weighted by molar-refractivity contribution is 0.0385. The van der Waals surface area contributed by atoms with Crippen molar-refractivity contribution in [3.63, 3.8) is 0 Å². The largest absolute Gasteiger partial charge is 0.507 e. The molecule has 1 heterocycles. The van der Waals surface area contributed by atoms with Gasteiger partial charge in [-0.15, -0.1) is 0 Å². The smallest absolute Gasteiger partial charge is 0.132 e. The zero-order valence-corrected chi connectivity index (χ0v) is 39.9. The van der Waals surface area contributed by atoms with Gasteiger partial charge in [0, 0.05) is 34.9 Å². The van der Waals surface area contributed by atoms with Crippen LogP contribution in [-0.2, 0) is 17.0 Å². The van der Waals surface area contributed by atoms with Crippen molar-refractivity contribution in [1.82, 2.24) is 16.0 Å². The van der Waals surface area contributed by atoms with Crippen LogP contribution in [0.5, 0.6) is 34.5 Å². The molecule has 0 radical (unpaired) electrons. The third-order valence-electron chi connectivity index (χ3n) is 12.7. The maximum atomic E-state index is 12.6. The van der Waals surface area contributed by atoms with E-state index in [2.05, 4.69) is 110 Å². The fourth-order valence-electron chi connectivity index (χ4n) is 9.33. The highest BCUT2D eigenvalue weighted by molar-refractivity contribution is 5.60. The molecular formula is C57H69N3O6. The van der Waals surface area contributed by atoms with Gasteiger partial charge in [0.25, 0.3) is 0 Å². The van der Waals surface area contributed by atoms with Crippen molar-refractivity contribution in [2.75, 3.05) is 19.8 Å². The van der Waals surface area contributed by atoms with Crippen molar-refractivity contribution in [3.8, 4) is 34.5 Å². The summed E-state index contributed by atoms with van der Waals surface area (Å²) in [5.41, 5.74) is 3.56. The Morgan fingerprint density at radius 1 is 0.379 bits per heavy atom. The molecule has 9 nitrogen and oxygen atoms in total. The van der Waals surface area contributed by atoms with Gasteiger partial charge in [-0.05, 0) is 106 Å². The SMILES string of the molecule is CCCCCCCCOc1ccc(C2(c3ccc(OCCC)cc3O)NC(c3ccc(C)cc3)(c3ccc(C)cc3C)NC(c3ccc(C)cc3)(c3ccc(OCCC)cc3O)N2)c(O)c1. The summed E-state index contributed by atoms with van der Waals surface area (Å²) in [6.07, 6.45) is 8.39. The van der Waals surface area contributed by atoms with E-state index in [1.165, 1.54) is 19.3 Å². The van der Waals surface area contributed by atoms with Gasteiger partial charge in [-0.1, -0.05) is 136 Å². The minimum atomic E-state index is -1.66. The number of hydrogen-bond donors (Lipinski definition) is 6. The van der Waals surface area contributed by atoms with Crippen LogP contribution in [0, 0.1) is 27.7 Å². The van der Waals surface area contributed by atoms with Crippen LogP contribution in [0.4, 0.5) is 0 Å². The molecule has 0 bridgehead atoms. The highest BCUT2D eigenvalue weighted by Gasteiger charge is 2.60. The Morgan fingerprint density at radius 3 is 1.20 bits per heavy atom. The predicted octanol–water partition coefficient (Wildman–Crippen LogP) is 12.1. The van der Waals surface area contributed by atoms with E-state index < -0.39 is 17.0 Å². The van der Waals surface area contributed by atoms with Crippen LogP contribution in [0.15, 0.2) is 121 Å². The topological polar surface area (TPSA) is 124 Å². The lowest BCUT2D eigenvalue weighted by atomic mass is 9.75. The van der Waals surface area contributed by atoms with Gasteiger partial charge < -0.3 is 29.5 Å². The highest BCUT2D eigenvalue weighted by Crippen LogP contribution is 2.52. The normalized spacial score (nSPS) is 19.4. The van der Waals surface area contributed by atoms with E-state index >= 15 is 0 Å². The Hall–Kier alpha value is -6.00. The summed E-state index contributed by atoms with van der Waals surface area (Å²) in [4.78, 5) is 0. The molecule has 66 heavy (non-hydrogen) atoms. The second-order valence-electron chi connectivity index (χ2n) is 18.0. The number of phenolic OH excluding ortho intramolecular Hbond substituents is 3. The minimum Gasteiger partial charge on any atom is -0.507 e. The first kappa shape index (κ1) is 47.9. The first-order chi connectivity index (χ1) is 31.9. The van der Waals surface area contributed by atoms with E-state index in [9.17, 15) is 15.3 Å². The maximum absolute atomic E-state index is 12.6. The van der Waals surface area contributed by atoms with Gasteiger partial charge in [-0.2, -0.15) is 0 Å². The quantitative estimate of drug-likeness (QED) is 0.0416. The molecule has 1 aliphatic rings. The van der Waals surface area contributed by atoms with Gasteiger partial charge in [-0.25, -0.2) is 0 Å². The summed E-state index contributed by atoms with van der Waals surface area (Å²) in [5, 5.41) is 49.9. The van der Waals surface area contributed by atoms with Crippen LogP contribution in [-0.4, -0.2) is 35.1 Å². The predicted molar refractivity (Wildman–Crippen MR) is 265 cm³/mol.